The van der Waals surface area contributed by atoms with E-state index >= 15 is 19.2 Å². The van der Waals surface area contributed by atoms with Crippen LogP contribution < -0.4 is 57.5 Å². The van der Waals surface area contributed by atoms with Crippen molar-refractivity contribution in [2.24, 2.45) is 35.3 Å². The van der Waals surface area contributed by atoms with Crippen LogP contribution >= 0.6 is 23.2 Å². The number of nitrogens with two attached hydrogens (primary N) is 1. The SMILES string of the molecule is CC[C@H](CC(C)C)C(=O)N[C@H]1C(=O)C[C@@H](CC(N)=O)C(=O)NC2C(=O)C[C@H]3C(=O)N[C@H](C(=O)N[C@@H](C(=O)O)c4cc(O)cc(O)c4-c4cc3ccc4O)[C@H](O)c3ccc(c(Cl)c3)Oc3cc2cc(c3OC2O[C@H](CO)[C@@H](O)[C@H](O)[C@H]2O[C@H]2C[C@](C)(NCCn3ccc(NC(=O)C4CCC(C)CC4)nc3=O)[C@H](O)[C@H](C)O2)Oc2ccc(cc2Cl)[C@H]1O. The van der Waals surface area contributed by atoms with Crippen LogP contribution in [0.15, 0.2) is 95.9 Å². The molecule has 120 heavy (non-hydrogen) atoms. The van der Waals surface area contributed by atoms with Gasteiger partial charge in [-0.2, -0.15) is 4.98 Å². The Hall–Kier alpha value is -10.4. The molecule has 6 aromatic rings. The molecule has 18 atom stereocenters. The van der Waals surface area contributed by atoms with Gasteiger partial charge in [-0.05, 0) is 147 Å². The number of aromatic nitrogens is 2. The lowest BCUT2D eigenvalue weighted by atomic mass is 9.82. The molecule has 1 aliphatic carbocycles. The van der Waals surface area contributed by atoms with Gasteiger partial charge >= 0.3 is 11.7 Å². The maximum atomic E-state index is 16.4. The Morgan fingerprint density at radius 1 is 0.742 bits per heavy atom. The second-order valence-electron chi connectivity index (χ2n) is 32.1. The summed E-state index contributed by atoms with van der Waals surface area (Å²) in [5, 5.41) is 132. The van der Waals surface area contributed by atoms with Crippen molar-refractivity contribution in [3.05, 3.63) is 139 Å². The highest BCUT2D eigenvalue weighted by Crippen LogP contribution is 2.51. The molecule has 8 heterocycles. The normalized spacial score (nSPS) is 28.7. The largest absolute Gasteiger partial charge is 0.508 e. The smallest absolute Gasteiger partial charge is 0.349 e. The number of nitrogens with one attached hydrogen (secondary N) is 6. The minimum Gasteiger partial charge on any atom is -0.508 e. The number of aliphatic hydroxyl groups is 6. The summed E-state index contributed by atoms with van der Waals surface area (Å²) < 4.78 is 40.8. The van der Waals surface area contributed by atoms with Crippen LogP contribution in [0.4, 0.5) is 5.82 Å². The molecule has 6 amide bonds. The number of benzene rings is 5. The third-order valence-electron chi connectivity index (χ3n) is 23.0. The van der Waals surface area contributed by atoms with Gasteiger partial charge in [-0.1, -0.05) is 69.1 Å². The lowest BCUT2D eigenvalue weighted by Gasteiger charge is -2.48. The number of nitrogens with zero attached hydrogens (tertiary/aromatic N) is 2. The zero-order valence-electron chi connectivity index (χ0n) is 66.1. The van der Waals surface area contributed by atoms with Crippen molar-refractivity contribution in [3.63, 3.8) is 0 Å². The van der Waals surface area contributed by atoms with Gasteiger partial charge in [-0.25, -0.2) is 9.59 Å². The highest BCUT2D eigenvalue weighted by molar-refractivity contribution is 6.32. The van der Waals surface area contributed by atoms with Gasteiger partial charge in [-0.3, -0.25) is 42.9 Å². The number of amides is 6. The van der Waals surface area contributed by atoms with Crippen LogP contribution in [-0.2, 0) is 63.9 Å². The number of carboxylic acids is 1. The second kappa shape index (κ2) is 37.3. The third kappa shape index (κ3) is 19.6. The molecule has 37 heteroatoms. The first kappa shape index (κ1) is 88.9. The monoisotopic (exact) mass is 1710 g/mol. The summed E-state index contributed by atoms with van der Waals surface area (Å²) in [7, 11) is 0. The first-order valence-corrected chi connectivity index (χ1v) is 40.2. The molecule has 14 rings (SSSR count). The van der Waals surface area contributed by atoms with Crippen LogP contribution in [0.2, 0.25) is 10.0 Å². The Kier molecular flexibility index (Phi) is 27.6. The number of anilines is 1. The lowest BCUT2D eigenvalue weighted by Crippen LogP contribution is -2.65. The summed E-state index contributed by atoms with van der Waals surface area (Å²) >= 11 is 14.3. The number of carbonyl (C=O) groups is 9. The van der Waals surface area contributed by atoms with Crippen molar-refractivity contribution in [2.75, 3.05) is 18.5 Å². The summed E-state index contributed by atoms with van der Waals surface area (Å²) in [6.45, 7) is 9.76. The van der Waals surface area contributed by atoms with Gasteiger partial charge in [0, 0.05) is 85.1 Å². The van der Waals surface area contributed by atoms with E-state index in [0.717, 1.165) is 73.5 Å². The molecule has 1 saturated carbocycles. The molecule has 35 nitrogen and oxygen atoms in total. The van der Waals surface area contributed by atoms with Gasteiger partial charge in [0.2, 0.25) is 47.5 Å². The van der Waals surface area contributed by atoms with E-state index < -0.39 is 255 Å². The van der Waals surface area contributed by atoms with E-state index in [1.54, 1.807) is 13.8 Å². The van der Waals surface area contributed by atoms with Crippen molar-refractivity contribution in [1.82, 2.24) is 36.1 Å². The number of aromatic hydroxyl groups is 3. The number of Topliss-reactive ketones (excluding diaryl/α,β-unsaturated/α-hetero) is 2. The van der Waals surface area contributed by atoms with Gasteiger partial charge in [0.15, 0.2) is 41.5 Å². The molecular weight excluding hydrogens is 1610 g/mol. The number of ether oxygens (including phenoxy) is 6. The van der Waals surface area contributed by atoms with Crippen LogP contribution in [0, 0.1) is 29.6 Å². The third-order valence-corrected chi connectivity index (χ3v) is 23.6. The predicted octanol–water partition coefficient (Wildman–Crippen LogP) is 5.17. The van der Waals surface area contributed by atoms with E-state index in [1.807, 2.05) is 13.8 Å². The van der Waals surface area contributed by atoms with E-state index in [4.69, 9.17) is 57.4 Å². The fraction of sp³-hybridized carbons (Fsp3) is 0.482. The number of carboxylic acid groups (broad SMARTS) is 1. The Morgan fingerprint density at radius 2 is 1.40 bits per heavy atom. The van der Waals surface area contributed by atoms with Crippen molar-refractivity contribution in [1.29, 1.82) is 0 Å². The number of aliphatic hydroxyl groups excluding tert-OH is 6. The zero-order valence-corrected chi connectivity index (χ0v) is 67.6. The summed E-state index contributed by atoms with van der Waals surface area (Å²) in [5.41, 5.74) is 1.28. The fourth-order valence-electron chi connectivity index (χ4n) is 16.3. The number of carbonyl (C=O) groups excluding carboxylic acids is 8. The molecule has 2 unspecified atom stereocenters. The molecule has 18 N–H and O–H groups in total. The van der Waals surface area contributed by atoms with Crippen molar-refractivity contribution >= 4 is 82.0 Å². The minimum absolute atomic E-state index is 0.00751. The van der Waals surface area contributed by atoms with E-state index in [9.17, 15) is 79.8 Å². The lowest BCUT2D eigenvalue weighted by molar-refractivity contribution is -0.334. The molecular formula is C83H97Cl2N9O26. The standard InChI is InChI=1S/C83H97Cl2N9O26/c1-7-38(22-35(2)3)75(107)92-66-53(99)26-44(29-60(86)101)77(109)90-64-43-27-57(116-55-16-13-41(68(66)102)24-49(55)84)72(120-81-73(71(105)70(104)59(34-95)118-81)119-62-33-83(6,74(106)37(5)115-62)87-19-21-94-20-18-61(89-82(94)114)88-76(108)39-10-8-36(4)9-11-39)58(28-43)117-56-17-14-42(25-50(56)85)69(103)67-79(111)91-65(80(112)113)48-30-45(96)31-52(98)63(48)47-23-40(12-15-51(47)97)46(32-54(64)100)78(110)93-67/h12-18,20,23-25,27-28,30-31,35-39,44,46,59,62,64-71,73-74,81,87,95-98,102-106H,7-11,19,21-22,26,29,32-34H2,1-6H3,(H2,86,101)(H,90,109)(H,91,111)(H,92,107)(H,93,110)(H,112,113)(H,88,89,108,114)/t36?,37-,38+,39?,44-,46+,59+,62-,64?,65+,66-,67-,68+,69+,70+,71-,73+,74+,81?,83-/m0/s1. The predicted molar refractivity (Wildman–Crippen MR) is 425 cm³/mol. The Balaban J connectivity index is 1.00. The number of rotatable bonds is 19. The van der Waals surface area contributed by atoms with Gasteiger partial charge < -0.3 is 117 Å². The molecule has 0 spiro atoms. The molecule has 644 valence electrons. The zero-order chi connectivity index (χ0) is 86.8. The topological polar surface area (TPSA) is 544 Å². The summed E-state index contributed by atoms with van der Waals surface area (Å²) in [6, 6.07) is 6.94. The van der Waals surface area contributed by atoms with Gasteiger partial charge in [0.05, 0.1) is 40.7 Å². The number of aliphatic carboxylic acids is 1. The summed E-state index contributed by atoms with van der Waals surface area (Å²) in [6.07, 6.45) is -15.9. The average molecular weight is 1710 g/mol. The first-order valence-electron chi connectivity index (χ1n) is 39.5. The van der Waals surface area contributed by atoms with Crippen LogP contribution in [0.5, 0.6) is 46.0 Å². The van der Waals surface area contributed by atoms with Crippen LogP contribution in [-0.4, -0.2) is 194 Å². The number of phenols is 3. The molecule has 3 fully saturated rings. The van der Waals surface area contributed by atoms with Gasteiger partial charge in [-0.15, -0.1) is 0 Å². The second-order valence-corrected chi connectivity index (χ2v) is 33.0. The molecule has 11 bridgehead atoms. The Morgan fingerprint density at radius 3 is 2.02 bits per heavy atom. The van der Waals surface area contributed by atoms with E-state index in [1.165, 1.54) is 42.0 Å². The summed E-state index contributed by atoms with van der Waals surface area (Å²) in [5.74, 6) is -19.2. The first-order chi connectivity index (χ1) is 56.9. The molecule has 1 aromatic heterocycles. The maximum absolute atomic E-state index is 16.4. The Bertz CT molecular complexity index is 4990. The number of ketones is 2. The molecule has 5 aromatic carbocycles. The van der Waals surface area contributed by atoms with Gasteiger partial charge in [0.1, 0.15) is 83.2 Å². The van der Waals surface area contributed by atoms with Crippen molar-refractivity contribution < 1.29 is 123 Å². The minimum atomic E-state index is -2.27. The number of fused-ring (bicyclic) bond motifs is 15. The van der Waals surface area contributed by atoms with Crippen molar-refractivity contribution in [3.8, 4) is 57.1 Å². The van der Waals surface area contributed by atoms with Crippen molar-refractivity contribution in [2.45, 2.75) is 209 Å². The highest BCUT2D eigenvalue weighted by atomic mass is 35.5. The number of halogens is 2. The molecule has 8 aliphatic rings. The highest BCUT2D eigenvalue weighted by Gasteiger charge is 2.52. The van der Waals surface area contributed by atoms with E-state index in [2.05, 4.69) is 43.8 Å². The van der Waals surface area contributed by atoms with Crippen LogP contribution in [0.1, 0.15) is 164 Å². The number of phenolic OH excluding ortho intramolecular Hbond substituents is 3. The van der Waals surface area contributed by atoms with Crippen LogP contribution in [0.25, 0.3) is 11.1 Å². The number of hydrogen-bond donors (Lipinski definition) is 17. The fourth-order valence-corrected chi connectivity index (χ4v) is 16.7. The maximum Gasteiger partial charge on any atom is 0.349 e. The number of primary amides is 1. The van der Waals surface area contributed by atoms with E-state index in [0.29, 0.717) is 25.2 Å². The quantitative estimate of drug-likeness (QED) is 0.0497. The van der Waals surface area contributed by atoms with E-state index in [-0.39, 0.29) is 77.0 Å². The molecule has 2 saturated heterocycles. The molecule has 0 radical (unpaired) electrons. The van der Waals surface area contributed by atoms with Gasteiger partial charge in [0.25, 0.3) is 0 Å². The summed E-state index contributed by atoms with van der Waals surface area (Å²) in [4.78, 5) is 149. The van der Waals surface area contributed by atoms with Crippen LogP contribution in [0.3, 0.4) is 0 Å². The number of hydrogen-bond acceptors (Lipinski definition) is 27. The molecule has 7 aliphatic heterocycles. The average Bonchev–Trinajstić information content (AvgIpc) is 0.763. The Labute approximate surface area is 697 Å².